The first-order valence-electron chi connectivity index (χ1n) is 8.24. The fraction of sp³-hybridized carbons (Fsp3) is 0.263. The molecule has 2 aromatic rings. The van der Waals surface area contributed by atoms with E-state index in [1.807, 2.05) is 0 Å². The molecule has 1 aliphatic carbocycles. The number of rotatable bonds is 4. The number of allylic oxidation sites excluding steroid dienone is 4. The van der Waals surface area contributed by atoms with Gasteiger partial charge in [0.15, 0.2) is 5.76 Å². The van der Waals surface area contributed by atoms with E-state index < -0.39 is 30.1 Å². The van der Waals surface area contributed by atoms with Gasteiger partial charge in [0.25, 0.3) is 0 Å². The molecule has 8 heteroatoms. The highest BCUT2D eigenvalue weighted by Gasteiger charge is 2.31. The molecule has 0 radical (unpaired) electrons. The second-order valence-corrected chi connectivity index (χ2v) is 6.49. The van der Waals surface area contributed by atoms with E-state index in [9.17, 15) is 13.6 Å². The van der Waals surface area contributed by atoms with Crippen LogP contribution in [0.2, 0.25) is 5.02 Å². The van der Waals surface area contributed by atoms with Crippen LogP contribution < -0.4 is 5.32 Å². The molecule has 3 atom stereocenters. The van der Waals surface area contributed by atoms with E-state index in [-0.39, 0.29) is 11.4 Å². The van der Waals surface area contributed by atoms with Crippen LogP contribution >= 0.6 is 11.6 Å². The van der Waals surface area contributed by atoms with Crippen LogP contribution in [0.3, 0.4) is 0 Å². The van der Waals surface area contributed by atoms with Crippen LogP contribution in [0.5, 0.6) is 0 Å². The number of halogens is 3. The van der Waals surface area contributed by atoms with Crippen LogP contribution in [0.15, 0.2) is 52.8 Å². The number of nitrogens with zero attached hydrogens (tertiary/aromatic N) is 1. The number of hydrogen-bond acceptors (Lipinski definition) is 4. The molecular formula is C19H17ClF2N2O3. The van der Waals surface area contributed by atoms with Crippen molar-refractivity contribution in [1.29, 1.82) is 0 Å². The summed E-state index contributed by atoms with van der Waals surface area (Å²) in [6.07, 6.45) is 0.281. The molecule has 1 amide bonds. The van der Waals surface area contributed by atoms with E-state index in [0.29, 0.717) is 16.3 Å². The number of anilines is 1. The maximum Gasteiger partial charge on any atom is 0.412 e. The number of alkyl halides is 1. The van der Waals surface area contributed by atoms with Crippen LogP contribution in [0.25, 0.3) is 0 Å². The molecule has 1 aromatic carbocycles. The number of aryl methyl sites for hydroxylation is 1. The zero-order valence-corrected chi connectivity index (χ0v) is 15.3. The predicted octanol–water partition coefficient (Wildman–Crippen LogP) is 5.79. The fourth-order valence-electron chi connectivity index (χ4n) is 2.77. The highest BCUT2D eigenvalue weighted by Crippen LogP contribution is 2.36. The first kappa shape index (κ1) is 19.1. The Morgan fingerprint density at radius 2 is 2.15 bits per heavy atom. The molecule has 27 heavy (non-hydrogen) atoms. The largest absolute Gasteiger partial charge is 0.441 e. The number of carbonyl (C=O) groups is 1. The molecule has 1 N–H and O–H groups in total. The number of ether oxygens (including phenoxy) is 1. The summed E-state index contributed by atoms with van der Waals surface area (Å²) in [5.41, 5.74) is 1.19. The number of hydrogen-bond donors (Lipinski definition) is 1. The number of carbonyl (C=O) groups excluding carboxylic acids is 1. The Hall–Kier alpha value is -2.67. The van der Waals surface area contributed by atoms with E-state index in [2.05, 4.69) is 10.5 Å². The maximum atomic E-state index is 14.2. The normalized spacial score (nSPS) is 20.1. The quantitative estimate of drug-likeness (QED) is 0.712. The van der Waals surface area contributed by atoms with Crippen LogP contribution in [0.4, 0.5) is 19.3 Å². The summed E-state index contributed by atoms with van der Waals surface area (Å²) in [6.45, 7) is 3.27. The van der Waals surface area contributed by atoms with E-state index in [4.69, 9.17) is 20.9 Å². The average molecular weight is 395 g/mol. The third-order valence-corrected chi connectivity index (χ3v) is 4.51. The first-order chi connectivity index (χ1) is 12.9. The minimum atomic E-state index is -1.64. The van der Waals surface area contributed by atoms with Crippen molar-refractivity contribution < 1.29 is 22.8 Å². The van der Waals surface area contributed by atoms with Crippen molar-refractivity contribution in [3.8, 4) is 0 Å². The molecule has 0 saturated heterocycles. The number of benzene rings is 1. The second kappa shape index (κ2) is 7.92. The van der Waals surface area contributed by atoms with Crippen molar-refractivity contribution in [2.45, 2.75) is 32.0 Å². The summed E-state index contributed by atoms with van der Waals surface area (Å²) in [4.78, 5) is 12.3. The van der Waals surface area contributed by atoms with Crippen LogP contribution in [-0.4, -0.2) is 17.4 Å². The minimum absolute atomic E-state index is 0.0855. The SMILES string of the molecule is Cc1noc(C2C=CC(F)=CC2F)c1NC(=O)OC(C)c1ccccc1Cl. The monoisotopic (exact) mass is 394 g/mol. The standard InChI is InChI=1S/C19H17ClF2N2O3/c1-10-17(18(27-24-10)14-8-7-12(21)9-16(14)22)23-19(25)26-11(2)13-5-3-4-6-15(13)20/h3-9,11,14,16H,1-2H3,(H,23,25). The van der Waals surface area contributed by atoms with Crippen LogP contribution in [0.1, 0.15) is 36.0 Å². The molecule has 142 valence electrons. The Bertz CT molecular complexity index is 910. The lowest BCUT2D eigenvalue weighted by atomic mass is 9.94. The van der Waals surface area contributed by atoms with Gasteiger partial charge in [0.05, 0.1) is 5.92 Å². The fourth-order valence-corrected chi connectivity index (χ4v) is 3.06. The van der Waals surface area contributed by atoms with Gasteiger partial charge in [-0.1, -0.05) is 41.0 Å². The minimum Gasteiger partial charge on any atom is -0.441 e. The Morgan fingerprint density at radius 1 is 1.41 bits per heavy atom. The topological polar surface area (TPSA) is 64.4 Å². The van der Waals surface area contributed by atoms with Crippen molar-refractivity contribution in [3.63, 3.8) is 0 Å². The third kappa shape index (κ3) is 4.19. The van der Waals surface area contributed by atoms with Crippen LogP contribution in [0, 0.1) is 6.92 Å². The summed E-state index contributed by atoms with van der Waals surface area (Å²) in [5, 5.41) is 6.77. The zero-order chi connectivity index (χ0) is 19.6. The van der Waals surface area contributed by atoms with Crippen molar-refractivity contribution in [2.24, 2.45) is 0 Å². The van der Waals surface area contributed by atoms with Gasteiger partial charge < -0.3 is 9.26 Å². The molecule has 1 aliphatic rings. The van der Waals surface area contributed by atoms with Gasteiger partial charge in [0.1, 0.15) is 29.5 Å². The summed E-state index contributed by atoms with van der Waals surface area (Å²) in [7, 11) is 0. The van der Waals surface area contributed by atoms with Crippen molar-refractivity contribution in [2.75, 3.05) is 5.32 Å². The van der Waals surface area contributed by atoms with Crippen molar-refractivity contribution >= 4 is 23.4 Å². The lowest BCUT2D eigenvalue weighted by Crippen LogP contribution is -2.19. The third-order valence-electron chi connectivity index (χ3n) is 4.17. The van der Waals surface area contributed by atoms with Gasteiger partial charge in [-0.25, -0.2) is 13.6 Å². The number of aromatic nitrogens is 1. The molecule has 0 saturated carbocycles. The summed E-state index contributed by atoms with van der Waals surface area (Å²) in [5.74, 6) is -1.48. The molecule has 1 aromatic heterocycles. The summed E-state index contributed by atoms with van der Waals surface area (Å²) >= 11 is 6.10. The smallest absolute Gasteiger partial charge is 0.412 e. The summed E-state index contributed by atoms with van der Waals surface area (Å²) in [6, 6.07) is 7.00. The maximum absolute atomic E-state index is 14.2. The Balaban J connectivity index is 1.75. The lowest BCUT2D eigenvalue weighted by Gasteiger charge is -2.18. The molecule has 0 spiro atoms. The predicted molar refractivity (Wildman–Crippen MR) is 97.2 cm³/mol. The molecule has 3 unspecified atom stereocenters. The van der Waals surface area contributed by atoms with E-state index in [1.165, 1.54) is 6.08 Å². The van der Waals surface area contributed by atoms with Gasteiger partial charge in [-0.15, -0.1) is 0 Å². The van der Waals surface area contributed by atoms with Gasteiger partial charge in [0.2, 0.25) is 0 Å². The van der Waals surface area contributed by atoms with Gasteiger partial charge in [0, 0.05) is 10.6 Å². The van der Waals surface area contributed by atoms with Crippen LogP contribution in [-0.2, 0) is 4.74 Å². The first-order valence-corrected chi connectivity index (χ1v) is 8.62. The van der Waals surface area contributed by atoms with E-state index in [1.54, 1.807) is 38.1 Å². The molecular weight excluding hydrogens is 378 g/mol. The summed E-state index contributed by atoms with van der Waals surface area (Å²) < 4.78 is 37.8. The number of amides is 1. The van der Waals surface area contributed by atoms with Gasteiger partial charge in [-0.2, -0.15) is 0 Å². The highest BCUT2D eigenvalue weighted by atomic mass is 35.5. The lowest BCUT2D eigenvalue weighted by molar-refractivity contribution is 0.121. The molecule has 0 bridgehead atoms. The molecule has 3 rings (SSSR count). The van der Waals surface area contributed by atoms with Crippen molar-refractivity contribution in [1.82, 2.24) is 5.16 Å². The zero-order valence-electron chi connectivity index (χ0n) is 14.6. The van der Waals surface area contributed by atoms with Gasteiger partial charge in [-0.3, -0.25) is 5.32 Å². The number of nitrogens with one attached hydrogen (secondary N) is 1. The highest BCUT2D eigenvalue weighted by molar-refractivity contribution is 6.31. The van der Waals surface area contributed by atoms with Crippen molar-refractivity contribution in [3.05, 3.63) is 70.4 Å². The van der Waals surface area contributed by atoms with Gasteiger partial charge >= 0.3 is 6.09 Å². The molecule has 5 nitrogen and oxygen atoms in total. The molecule has 0 aliphatic heterocycles. The molecule has 1 heterocycles. The average Bonchev–Trinajstić information content (AvgIpc) is 2.96. The Kier molecular flexibility index (Phi) is 5.60. The Labute approximate surface area is 159 Å². The second-order valence-electron chi connectivity index (χ2n) is 6.08. The van der Waals surface area contributed by atoms with Gasteiger partial charge in [-0.05, 0) is 32.1 Å². The molecule has 0 fully saturated rings. The Morgan fingerprint density at radius 3 is 2.85 bits per heavy atom. The van der Waals surface area contributed by atoms with E-state index in [0.717, 1.165) is 12.2 Å². The van der Waals surface area contributed by atoms with E-state index >= 15 is 0 Å².